The van der Waals surface area contributed by atoms with E-state index in [1.54, 1.807) is 31.1 Å². The van der Waals surface area contributed by atoms with Crippen LogP contribution in [-0.4, -0.2) is 26.2 Å². The number of aryl methyl sites for hydroxylation is 2. The first kappa shape index (κ1) is 21.9. The van der Waals surface area contributed by atoms with Crippen LogP contribution in [-0.2, 0) is 14.1 Å². The van der Waals surface area contributed by atoms with Crippen LogP contribution >= 0.6 is 11.6 Å². The van der Waals surface area contributed by atoms with Gasteiger partial charge in [-0.2, -0.15) is 0 Å². The zero-order valence-electron chi connectivity index (χ0n) is 19.1. The Morgan fingerprint density at radius 1 is 0.971 bits per heavy atom. The van der Waals surface area contributed by atoms with E-state index in [0.717, 1.165) is 39.1 Å². The van der Waals surface area contributed by atoms with E-state index in [2.05, 4.69) is 11.1 Å². The average molecular weight is 471 g/mol. The molecule has 6 nitrogen and oxygen atoms in total. The fraction of sp³-hybridized carbons (Fsp3) is 0.148. The van der Waals surface area contributed by atoms with E-state index < -0.39 is 0 Å². The van der Waals surface area contributed by atoms with Crippen molar-refractivity contribution >= 4 is 22.6 Å². The van der Waals surface area contributed by atoms with Gasteiger partial charge >= 0.3 is 0 Å². The normalized spacial score (nSPS) is 12.1. The second-order valence-electron chi connectivity index (χ2n) is 8.24. The first-order chi connectivity index (χ1) is 16.5. The van der Waals surface area contributed by atoms with Gasteiger partial charge in [-0.15, -0.1) is 0 Å². The van der Waals surface area contributed by atoms with Crippen molar-refractivity contribution < 1.29 is 4.74 Å². The quantitative estimate of drug-likeness (QED) is 0.355. The van der Waals surface area contributed by atoms with E-state index in [9.17, 15) is 4.79 Å². The molecule has 1 atom stereocenters. The Kier molecular flexibility index (Phi) is 5.67. The highest BCUT2D eigenvalue weighted by Gasteiger charge is 2.22. The highest BCUT2D eigenvalue weighted by Crippen LogP contribution is 2.35. The zero-order valence-corrected chi connectivity index (χ0v) is 19.8. The molecule has 2 aromatic carbocycles. The highest BCUT2D eigenvalue weighted by atomic mass is 35.5. The summed E-state index contributed by atoms with van der Waals surface area (Å²) in [6.07, 6.45) is 5.49. The molecule has 170 valence electrons. The third-order valence-electron chi connectivity index (χ3n) is 6.16. The third kappa shape index (κ3) is 3.86. The van der Waals surface area contributed by atoms with E-state index >= 15 is 0 Å². The molecule has 3 heterocycles. The molecule has 3 aromatic heterocycles. The van der Waals surface area contributed by atoms with Gasteiger partial charge in [-0.1, -0.05) is 35.9 Å². The van der Waals surface area contributed by atoms with Gasteiger partial charge in [0, 0.05) is 48.7 Å². The van der Waals surface area contributed by atoms with Crippen LogP contribution in [0.3, 0.4) is 0 Å². The number of hydrogen-bond acceptors (Lipinski definition) is 4. The number of pyridine rings is 2. The van der Waals surface area contributed by atoms with Gasteiger partial charge in [-0.05, 0) is 52.6 Å². The minimum Gasteiger partial charge on any atom is -0.497 e. The molecule has 0 aliphatic heterocycles. The first-order valence-electron chi connectivity index (χ1n) is 10.8. The van der Waals surface area contributed by atoms with Gasteiger partial charge < -0.3 is 9.30 Å². The van der Waals surface area contributed by atoms with Gasteiger partial charge in [0.15, 0.2) is 0 Å². The summed E-state index contributed by atoms with van der Waals surface area (Å²) in [4.78, 5) is 21.8. The van der Waals surface area contributed by atoms with Crippen molar-refractivity contribution in [2.45, 2.75) is 5.92 Å². The Bertz CT molecular complexity index is 1550. The number of imidazole rings is 1. The number of hydrogen-bond donors (Lipinski definition) is 0. The number of ether oxygens (including phenoxy) is 1. The van der Waals surface area contributed by atoms with Crippen LogP contribution in [0.1, 0.15) is 22.7 Å². The third-order valence-corrected chi connectivity index (χ3v) is 6.41. The minimum absolute atomic E-state index is 0.114. The smallest absolute Gasteiger partial charge is 0.252 e. The van der Waals surface area contributed by atoms with Crippen LogP contribution < -0.4 is 10.3 Å². The Morgan fingerprint density at radius 2 is 1.76 bits per heavy atom. The van der Waals surface area contributed by atoms with Gasteiger partial charge in [0.05, 0.1) is 19.4 Å². The summed E-state index contributed by atoms with van der Waals surface area (Å²) >= 11 is 6.17. The highest BCUT2D eigenvalue weighted by molar-refractivity contribution is 6.30. The molecule has 0 amide bonds. The van der Waals surface area contributed by atoms with Gasteiger partial charge in [-0.25, -0.2) is 9.97 Å². The van der Waals surface area contributed by atoms with Gasteiger partial charge in [0.2, 0.25) is 0 Å². The fourth-order valence-electron chi connectivity index (χ4n) is 4.36. The molecule has 0 N–H and O–H groups in total. The largest absolute Gasteiger partial charge is 0.497 e. The summed E-state index contributed by atoms with van der Waals surface area (Å²) < 4.78 is 9.00. The first-order valence-corrected chi connectivity index (χ1v) is 11.2. The molecular weight excluding hydrogens is 448 g/mol. The van der Waals surface area contributed by atoms with E-state index in [0.29, 0.717) is 10.7 Å². The number of halogens is 1. The predicted molar refractivity (Wildman–Crippen MR) is 135 cm³/mol. The van der Waals surface area contributed by atoms with Gasteiger partial charge in [-0.3, -0.25) is 9.36 Å². The fourth-order valence-corrected chi connectivity index (χ4v) is 4.49. The molecule has 0 saturated carbocycles. The molecule has 0 saturated heterocycles. The van der Waals surface area contributed by atoms with E-state index in [1.165, 1.54) is 0 Å². The van der Waals surface area contributed by atoms with Gasteiger partial charge in [0.25, 0.3) is 5.56 Å². The number of benzene rings is 2. The molecule has 0 aliphatic rings. The molecule has 34 heavy (non-hydrogen) atoms. The van der Waals surface area contributed by atoms with Crippen LogP contribution in [0.15, 0.2) is 84.2 Å². The Balaban J connectivity index is 1.78. The monoisotopic (exact) mass is 470 g/mol. The van der Waals surface area contributed by atoms with E-state index in [1.807, 2.05) is 72.5 Å². The van der Waals surface area contributed by atoms with Crippen LogP contribution in [0, 0.1) is 0 Å². The summed E-state index contributed by atoms with van der Waals surface area (Å²) in [5.41, 5.74) is 5.29. The number of rotatable bonds is 5. The lowest BCUT2D eigenvalue weighted by atomic mass is 9.88. The van der Waals surface area contributed by atoms with Crippen molar-refractivity contribution in [3.8, 4) is 16.9 Å². The van der Waals surface area contributed by atoms with Crippen LogP contribution in [0.2, 0.25) is 5.02 Å². The summed E-state index contributed by atoms with van der Waals surface area (Å²) in [5.74, 6) is 0.612. The SMILES string of the molecule is COc1cccc(-c2cc(=O)n(C)c3ncc(C(c4ccc(Cl)cc4)c4cncn4C)cc23)c1. The van der Waals surface area contributed by atoms with Crippen LogP contribution in [0.4, 0.5) is 0 Å². The molecule has 0 aliphatic carbocycles. The molecule has 1 unspecified atom stereocenters. The van der Waals surface area contributed by atoms with Crippen molar-refractivity contribution in [2.24, 2.45) is 14.1 Å². The summed E-state index contributed by atoms with van der Waals surface area (Å²) in [7, 11) is 5.35. The molecule has 0 bridgehead atoms. The van der Waals surface area contributed by atoms with Crippen molar-refractivity contribution in [1.29, 1.82) is 0 Å². The molecule has 5 rings (SSSR count). The Labute approximate surface area is 202 Å². The standard InChI is InChI=1S/C27H23ClN4O2/c1-31-16-29-15-24(31)26(17-7-9-20(28)10-8-17)19-12-23-22(18-5-4-6-21(11-18)34-3)13-25(33)32(2)27(23)30-14-19/h4-16,26H,1-3H3. The Morgan fingerprint density at radius 3 is 2.47 bits per heavy atom. The molecule has 0 fully saturated rings. The van der Waals surface area contributed by atoms with Gasteiger partial charge in [0.1, 0.15) is 11.4 Å². The zero-order chi connectivity index (χ0) is 23.8. The van der Waals surface area contributed by atoms with Crippen molar-refractivity contribution in [3.63, 3.8) is 0 Å². The second kappa shape index (κ2) is 8.80. The lowest BCUT2D eigenvalue weighted by Gasteiger charge is -2.20. The van der Waals surface area contributed by atoms with E-state index in [-0.39, 0.29) is 11.5 Å². The number of fused-ring (bicyclic) bond motifs is 1. The number of nitrogens with zero attached hydrogens (tertiary/aromatic N) is 4. The van der Waals surface area contributed by atoms with Crippen LogP contribution in [0.5, 0.6) is 5.75 Å². The van der Waals surface area contributed by atoms with Crippen LogP contribution in [0.25, 0.3) is 22.2 Å². The maximum absolute atomic E-state index is 12.8. The minimum atomic E-state index is -0.119. The average Bonchev–Trinajstić information content (AvgIpc) is 3.28. The lowest BCUT2D eigenvalue weighted by Crippen LogP contribution is -2.18. The lowest BCUT2D eigenvalue weighted by molar-refractivity contribution is 0.415. The molecule has 0 spiro atoms. The second-order valence-corrected chi connectivity index (χ2v) is 8.68. The topological polar surface area (TPSA) is 61.9 Å². The summed E-state index contributed by atoms with van der Waals surface area (Å²) in [6.45, 7) is 0. The predicted octanol–water partition coefficient (Wildman–Crippen LogP) is 5.18. The van der Waals surface area contributed by atoms with E-state index in [4.69, 9.17) is 21.3 Å². The molecular formula is C27H23ClN4O2. The van der Waals surface area contributed by atoms with Crippen molar-refractivity contribution in [1.82, 2.24) is 19.1 Å². The maximum Gasteiger partial charge on any atom is 0.252 e. The summed E-state index contributed by atoms with van der Waals surface area (Å²) in [6, 6.07) is 19.3. The van der Waals surface area contributed by atoms with Crippen molar-refractivity contribution in [2.75, 3.05) is 7.11 Å². The molecule has 5 aromatic rings. The number of aromatic nitrogens is 4. The van der Waals surface area contributed by atoms with Crippen molar-refractivity contribution in [3.05, 3.63) is 112 Å². The summed E-state index contributed by atoms with van der Waals surface area (Å²) in [5, 5.41) is 1.56. The molecule has 0 radical (unpaired) electrons. The number of methoxy groups -OCH3 is 1. The molecule has 7 heteroatoms. The maximum atomic E-state index is 12.8. The Hall–Kier alpha value is -3.90.